The van der Waals surface area contributed by atoms with Gasteiger partial charge in [0, 0.05) is 57.1 Å². The third-order valence-electron chi connectivity index (χ3n) is 8.95. The van der Waals surface area contributed by atoms with Crippen molar-refractivity contribution in [2.75, 3.05) is 25.4 Å². The van der Waals surface area contributed by atoms with E-state index in [1.165, 1.54) is 58.2 Å². The van der Waals surface area contributed by atoms with Crippen LogP contribution < -0.4 is 5.73 Å². The molecule has 1 aliphatic carbocycles. The Labute approximate surface area is 261 Å². The fourth-order valence-electron chi connectivity index (χ4n) is 6.84. The van der Waals surface area contributed by atoms with Crippen LogP contribution in [0.3, 0.4) is 0 Å². The van der Waals surface area contributed by atoms with Gasteiger partial charge in [0.1, 0.15) is 17.8 Å². The van der Waals surface area contributed by atoms with Gasteiger partial charge in [0.05, 0.1) is 5.39 Å². The van der Waals surface area contributed by atoms with E-state index in [1.807, 2.05) is 24.3 Å². The second kappa shape index (κ2) is 11.7. The number of hydrogen-bond acceptors (Lipinski definition) is 5. The van der Waals surface area contributed by atoms with Crippen LogP contribution in [0.25, 0.3) is 44.3 Å². The summed E-state index contributed by atoms with van der Waals surface area (Å²) in [7, 11) is 0. The standard InChI is InChI=1S/C33H35N6.Y/c1-22-27(15-11-25-12-16-29(37-31(22)25)24-7-3-2-4-8-24)28-20-39(33-30(28)32(34)35-21-36-33)26-13-9-23(10-14-26)19-38-17-5-6-18-38;/h2-4,7-8,11,15-16,20-21,23,26H,5-6,9-10,13-14,17-19H2,1H3,(H2,34,35,36);/q-1;. The van der Waals surface area contributed by atoms with E-state index >= 15 is 0 Å². The zero-order valence-corrected chi connectivity index (χ0v) is 26.0. The Morgan fingerprint density at radius 3 is 2.50 bits per heavy atom. The molecule has 0 spiro atoms. The summed E-state index contributed by atoms with van der Waals surface area (Å²) in [5, 5.41) is 1.96. The van der Waals surface area contributed by atoms with Gasteiger partial charge in [-0.15, -0.1) is 23.6 Å². The zero-order valence-electron chi connectivity index (χ0n) is 23.2. The van der Waals surface area contributed by atoms with Gasteiger partial charge in [0.2, 0.25) is 0 Å². The van der Waals surface area contributed by atoms with E-state index < -0.39 is 0 Å². The molecule has 0 bridgehead atoms. The van der Waals surface area contributed by atoms with Crippen LogP contribution in [-0.4, -0.2) is 44.1 Å². The minimum atomic E-state index is 0. The van der Waals surface area contributed by atoms with Gasteiger partial charge in [-0.1, -0.05) is 42.0 Å². The molecule has 1 aliphatic heterocycles. The van der Waals surface area contributed by atoms with Gasteiger partial charge in [-0.3, -0.25) is 0 Å². The van der Waals surface area contributed by atoms with Crippen LogP contribution >= 0.6 is 0 Å². The largest absolute Gasteiger partial charge is 0.383 e. The van der Waals surface area contributed by atoms with Crippen molar-refractivity contribution in [2.45, 2.75) is 51.5 Å². The summed E-state index contributed by atoms with van der Waals surface area (Å²) in [6, 6.07) is 20.5. The molecule has 2 aliphatic rings. The summed E-state index contributed by atoms with van der Waals surface area (Å²) in [4.78, 5) is 16.9. The quantitative estimate of drug-likeness (QED) is 0.223. The normalized spacial score (nSPS) is 19.7. The second-order valence-corrected chi connectivity index (χ2v) is 11.4. The number of pyridine rings is 1. The number of nitrogen functional groups attached to an aromatic ring is 1. The summed E-state index contributed by atoms with van der Waals surface area (Å²) in [6.07, 6.45) is 11.5. The Kier molecular flexibility index (Phi) is 8.03. The maximum absolute atomic E-state index is 6.52. The molecule has 7 heteroatoms. The molecule has 2 aromatic carbocycles. The summed E-state index contributed by atoms with van der Waals surface area (Å²) in [6.45, 7) is 5.99. The van der Waals surface area contributed by atoms with Gasteiger partial charge in [-0.25, -0.2) is 9.97 Å². The Morgan fingerprint density at radius 1 is 0.950 bits per heavy atom. The van der Waals surface area contributed by atoms with E-state index in [-0.39, 0.29) is 32.7 Å². The van der Waals surface area contributed by atoms with E-state index in [1.54, 1.807) is 6.33 Å². The molecule has 6 nitrogen and oxygen atoms in total. The van der Waals surface area contributed by atoms with E-state index in [9.17, 15) is 0 Å². The summed E-state index contributed by atoms with van der Waals surface area (Å²) < 4.78 is 2.39. The van der Waals surface area contributed by atoms with Crippen LogP contribution in [0.5, 0.6) is 0 Å². The number of rotatable bonds is 5. The third kappa shape index (κ3) is 5.10. The number of anilines is 1. The van der Waals surface area contributed by atoms with Gasteiger partial charge in [-0.2, -0.15) is 0 Å². The molecule has 0 amide bonds. The molecular formula is C33H35N6Y-. The van der Waals surface area contributed by atoms with Gasteiger partial charge >= 0.3 is 0 Å². The van der Waals surface area contributed by atoms with Gasteiger partial charge < -0.3 is 20.2 Å². The predicted octanol–water partition coefficient (Wildman–Crippen LogP) is 6.83. The molecule has 2 N–H and O–H groups in total. The average Bonchev–Trinajstić information content (AvgIpc) is 3.63. The first-order valence-electron chi connectivity index (χ1n) is 14.4. The molecule has 4 heterocycles. The number of nitrogens with two attached hydrogens (primary N) is 1. The van der Waals surface area contributed by atoms with Crippen molar-refractivity contribution < 1.29 is 32.7 Å². The van der Waals surface area contributed by atoms with Crippen LogP contribution in [0.4, 0.5) is 5.82 Å². The van der Waals surface area contributed by atoms with Crippen LogP contribution in [0.2, 0.25) is 0 Å². The Morgan fingerprint density at radius 2 is 1.73 bits per heavy atom. The molecule has 7 rings (SSSR count). The van der Waals surface area contributed by atoms with Crippen molar-refractivity contribution >= 4 is 27.8 Å². The van der Waals surface area contributed by atoms with E-state index in [0.29, 0.717) is 11.9 Å². The first-order chi connectivity index (χ1) is 19.2. The van der Waals surface area contributed by atoms with Crippen molar-refractivity contribution in [2.24, 2.45) is 5.92 Å². The minimum absolute atomic E-state index is 0. The van der Waals surface area contributed by atoms with E-state index in [4.69, 9.17) is 15.7 Å². The number of aromatic nitrogens is 4. The molecule has 201 valence electrons. The zero-order chi connectivity index (χ0) is 26.3. The van der Waals surface area contributed by atoms with E-state index in [0.717, 1.165) is 55.8 Å². The smallest absolute Gasteiger partial charge is 0.146 e. The van der Waals surface area contributed by atoms with Crippen molar-refractivity contribution in [3.8, 4) is 22.4 Å². The van der Waals surface area contributed by atoms with Gasteiger partial charge in [-0.05, 0) is 86.8 Å². The van der Waals surface area contributed by atoms with Crippen molar-refractivity contribution in [3.05, 3.63) is 72.7 Å². The van der Waals surface area contributed by atoms with Crippen LogP contribution in [0.1, 0.15) is 50.1 Å². The minimum Gasteiger partial charge on any atom is -0.383 e. The molecule has 2 fully saturated rings. The average molecular weight is 605 g/mol. The maximum atomic E-state index is 6.52. The Hall–Kier alpha value is -2.67. The molecule has 40 heavy (non-hydrogen) atoms. The van der Waals surface area contributed by atoms with Crippen molar-refractivity contribution in [3.63, 3.8) is 0 Å². The molecule has 3 aromatic heterocycles. The monoisotopic (exact) mass is 604 g/mol. The van der Waals surface area contributed by atoms with Gasteiger partial charge in [0.25, 0.3) is 0 Å². The molecule has 5 aromatic rings. The number of fused-ring (bicyclic) bond motifs is 2. The van der Waals surface area contributed by atoms with Crippen LogP contribution in [0, 0.1) is 18.9 Å². The van der Waals surface area contributed by atoms with Crippen LogP contribution in [0.15, 0.2) is 61.1 Å². The topological polar surface area (TPSA) is 72.9 Å². The number of benzene rings is 2. The fraction of sp³-hybridized carbons (Fsp3) is 0.364. The first-order valence-corrected chi connectivity index (χ1v) is 14.4. The van der Waals surface area contributed by atoms with Crippen molar-refractivity contribution in [1.82, 2.24) is 24.4 Å². The predicted molar refractivity (Wildman–Crippen MR) is 158 cm³/mol. The summed E-state index contributed by atoms with van der Waals surface area (Å²) >= 11 is 0. The number of nitrogens with zero attached hydrogens (tertiary/aromatic N) is 5. The molecule has 1 saturated carbocycles. The molecule has 0 unspecified atom stereocenters. The van der Waals surface area contributed by atoms with Crippen molar-refractivity contribution in [1.29, 1.82) is 0 Å². The molecule has 0 atom stereocenters. The number of hydrogen-bond donors (Lipinski definition) is 1. The maximum Gasteiger partial charge on any atom is 0.146 e. The third-order valence-corrected chi connectivity index (χ3v) is 8.95. The molecule has 1 radical (unpaired) electrons. The Balaban J connectivity index is 0.00000289. The molecule has 1 saturated heterocycles. The first kappa shape index (κ1) is 27.5. The van der Waals surface area contributed by atoms with Crippen LogP contribution in [-0.2, 0) is 32.7 Å². The fourth-order valence-corrected chi connectivity index (χ4v) is 6.84. The van der Waals surface area contributed by atoms with Gasteiger partial charge in [0.15, 0.2) is 0 Å². The number of aryl methyl sites for hydroxylation is 1. The molecular weight excluding hydrogens is 569 g/mol. The second-order valence-electron chi connectivity index (χ2n) is 11.4. The Bertz CT molecular complexity index is 1630. The van der Waals surface area contributed by atoms with E-state index in [2.05, 4.69) is 57.9 Å². The number of likely N-dealkylation sites (tertiary alicyclic amines) is 1. The summed E-state index contributed by atoms with van der Waals surface area (Å²) in [5.41, 5.74) is 13.8. The summed E-state index contributed by atoms with van der Waals surface area (Å²) in [5.74, 6) is 1.35. The SMILES string of the molecule is Cc1c(-c2cn(C3CCC(CN4CCCC4)CC3)c3ncnc(N)c23)ccc2[c-]cc(-c3ccccc3)nc12.[Y].